The zero-order valence-corrected chi connectivity index (χ0v) is 79.8. The van der Waals surface area contributed by atoms with E-state index in [2.05, 4.69) is 68.2 Å². The molecule has 3 amide bonds. The van der Waals surface area contributed by atoms with Gasteiger partial charge in [0.25, 0.3) is 11.8 Å². The fourth-order valence-electron chi connectivity index (χ4n) is 27.8. The molecule has 2 unspecified atom stereocenters. The SMILES string of the molecule is CCOP(=O)(C#N)OCC.CCOP(=O)(CC(=O)N[C@@]1(CC)C[C@@H]2CN(CCc3c([nH]c4ccccc34)[C@@](C(=O)OC)(c3cc4c(cc3OC)N(C)[C@H]3[C@@](O)(C(N)=O)[C@H](O)[C@]5(CC)C=CCN6CC[C@]43[C@@H]65)C2)C1)OCC.CC[C@]1(O)C[C@@H]2CN(CCc3c([nH]c4ccccc34)[C@@](C(=O)OC)(c3cc4c(cc3OC)N(C)[C@H]3[C@@](O)(C(N)=O)[C@H](O)[C@]5(CC)C=CCN6CC[C@]43[C@@H]65)C2)C1. The van der Waals surface area contributed by atoms with Gasteiger partial charge in [-0.05, 0) is 176 Å². The fourth-order valence-corrected chi connectivity index (χ4v) is 30.1. The van der Waals surface area contributed by atoms with Crippen LogP contribution in [0.3, 0.4) is 0 Å². The molecule has 2 saturated carbocycles. The maximum absolute atomic E-state index is 15.6. The minimum Gasteiger partial charge on any atom is -0.496 e. The van der Waals surface area contributed by atoms with E-state index in [1.165, 1.54) is 20.0 Å². The number of methoxy groups -OCH3 is 4. The molecular weight excluding hydrogens is 1720 g/mol. The van der Waals surface area contributed by atoms with Gasteiger partial charge < -0.3 is 95.0 Å². The first-order valence-corrected chi connectivity index (χ1v) is 50.0. The Balaban J connectivity index is 0.000000175. The number of nitrogens with one attached hydrogen (secondary N) is 3. The van der Waals surface area contributed by atoms with Crippen LogP contribution in [0.2, 0.25) is 0 Å². The van der Waals surface area contributed by atoms with Crippen molar-refractivity contribution in [2.45, 2.75) is 213 Å². The monoisotopic (exact) mass is 1850 g/mol. The summed E-state index contributed by atoms with van der Waals surface area (Å²) in [5, 5.41) is 75.8. The molecule has 4 saturated heterocycles. The average Bonchev–Trinajstić information content (AvgIpc) is 1.49. The van der Waals surface area contributed by atoms with E-state index in [0.29, 0.717) is 157 Å². The number of esters is 2. The number of aliphatic hydroxyl groups excluding tert-OH is 2. The van der Waals surface area contributed by atoms with Crippen LogP contribution in [0.4, 0.5) is 11.4 Å². The summed E-state index contributed by atoms with van der Waals surface area (Å²) in [7, 11) is 2.62. The highest BCUT2D eigenvalue weighted by Crippen LogP contribution is 2.71. The quantitative estimate of drug-likeness (QED) is 0.0163. The smallest absolute Gasteiger partial charge is 0.431 e. The molecule has 4 aromatic carbocycles. The third kappa shape index (κ3) is 14.3. The van der Waals surface area contributed by atoms with Crippen molar-refractivity contribution in [3.63, 3.8) is 0 Å². The molecule has 32 nitrogen and oxygen atoms in total. The number of piperidine rings is 2. The van der Waals surface area contributed by atoms with E-state index in [4.69, 9.17) is 44.7 Å². The van der Waals surface area contributed by atoms with Crippen LogP contribution in [0.5, 0.6) is 11.5 Å². The molecule has 12 N–H and O–H groups in total. The number of amides is 3. The van der Waals surface area contributed by atoms with Crippen molar-refractivity contribution in [1.29, 1.82) is 5.26 Å². The van der Waals surface area contributed by atoms with Crippen molar-refractivity contribution in [1.82, 2.24) is 34.9 Å². The topological polar surface area (TPSA) is 433 Å². The highest BCUT2D eigenvalue weighted by atomic mass is 31.2. The van der Waals surface area contributed by atoms with Crippen LogP contribution in [0.25, 0.3) is 21.8 Å². The Morgan fingerprint density at radius 1 is 0.550 bits per heavy atom. The average molecular weight is 1850 g/mol. The standard InChI is InChI=1S/C49H67N6O10P.C43H55N5O7.C5H10NO3P/c1-8-45(52-38(56)28-66(61,64-10-3)65-11-4)25-30-26-48(44(59)63-7,39-32(17-21-54(27-30)29-45)31-15-12-13-16-35(31)51-39)34-23-33-36(24-37(34)62-6)53(5)41-47(33)19-22-55-20-14-18-46(9-2,40(47)55)42(57)49(41,60)43(50)58;1-6-39(52)21-25-22-42(38(51)55-5,33-27(13-17-47(23-25)24-39)26-11-8-9-12-30(26)45-33)29-19-28-31(20-32(29)54-4)46(3)35-41(28)15-18-48-16-10-14-40(7-2,34(41)48)36(49)43(35,53)37(44)50;1-3-8-10(7,5-6)9-4-2/h12-16,18,23-24,30,40-42,51,57,60H,8-11,17,19-22,25-29H2,1-7H3,(H2,50,58)(H,52,56);8-12,14,19-20,25,34-36,45,49,52-53H,6-7,13,15-18,21-24H2,1-5H3,(H2,44,50);3-4H2,1-2H3/t30-,40-,41+,42+,45-,46+,47+,48-,49-;25-,34-,35+,36+,39-,40+,41+,42-,43-;/m00./s1. The van der Waals surface area contributed by atoms with Crippen molar-refractivity contribution in [3.05, 3.63) is 142 Å². The zero-order chi connectivity index (χ0) is 94.1. The lowest BCUT2D eigenvalue weighted by Crippen LogP contribution is -2.81. The van der Waals surface area contributed by atoms with E-state index in [-0.39, 0.29) is 56.8 Å². The predicted molar refractivity (Wildman–Crippen MR) is 494 cm³/mol. The highest BCUT2D eigenvalue weighted by molar-refractivity contribution is 7.59. The number of aromatic amines is 2. The molecule has 2 spiro atoms. The van der Waals surface area contributed by atoms with Gasteiger partial charge in [-0.1, -0.05) is 88.4 Å². The first-order chi connectivity index (χ1) is 62.5. The molecule has 2 aliphatic carbocycles. The number of anilines is 2. The number of H-pyrrole nitrogens is 2. The van der Waals surface area contributed by atoms with Gasteiger partial charge in [0.2, 0.25) is 5.91 Å². The third-order valence-electron chi connectivity index (χ3n) is 32.6. The highest BCUT2D eigenvalue weighted by Gasteiger charge is 2.81. The molecule has 12 heterocycles. The number of likely N-dealkylation sites (N-methyl/N-ethyl adjacent to an activating group) is 2. The van der Waals surface area contributed by atoms with Gasteiger partial charge in [0.15, 0.2) is 17.0 Å². The van der Waals surface area contributed by atoms with Gasteiger partial charge in [0, 0.05) is 168 Å². The van der Waals surface area contributed by atoms with Crippen LogP contribution in [-0.4, -0.2) is 284 Å². The summed E-state index contributed by atoms with van der Waals surface area (Å²) in [4.78, 5) is 93.1. The minimum atomic E-state index is -3.70. The predicted octanol–water partition coefficient (Wildman–Crippen LogP) is 8.59. The normalized spacial score (nSPS) is 34.6. The van der Waals surface area contributed by atoms with Crippen molar-refractivity contribution in [2.75, 3.05) is 150 Å². The van der Waals surface area contributed by atoms with Gasteiger partial charge in [-0.2, -0.15) is 5.26 Å². The molecule has 710 valence electrons. The summed E-state index contributed by atoms with van der Waals surface area (Å²) in [6.45, 7) is 22.0. The summed E-state index contributed by atoms with van der Waals surface area (Å²) >= 11 is 0. The molecule has 2 aromatic heterocycles. The maximum Gasteiger partial charge on any atom is 0.431 e. The van der Waals surface area contributed by atoms with E-state index in [9.17, 15) is 49.0 Å². The Morgan fingerprint density at radius 3 is 1.37 bits per heavy atom. The molecule has 4 bridgehead atoms. The van der Waals surface area contributed by atoms with E-state index >= 15 is 9.59 Å². The number of nitrogens with two attached hydrogens (primary N) is 2. The summed E-state index contributed by atoms with van der Waals surface area (Å²) in [6.07, 6.45) is 10.7. The van der Waals surface area contributed by atoms with Crippen LogP contribution in [0.1, 0.15) is 164 Å². The van der Waals surface area contributed by atoms with Gasteiger partial charge >= 0.3 is 27.1 Å². The Hall–Kier alpha value is -8.58. The summed E-state index contributed by atoms with van der Waals surface area (Å²) in [6, 6.07) is 21.8. The maximum atomic E-state index is 15.6. The van der Waals surface area contributed by atoms with Crippen LogP contribution in [0, 0.1) is 33.7 Å². The molecule has 34 heteroatoms. The molecule has 6 fully saturated rings. The number of nitrogens with zero attached hydrogens (tertiary/aromatic N) is 7. The Bertz CT molecular complexity index is 5650. The summed E-state index contributed by atoms with van der Waals surface area (Å²) in [5.74, 6) is -1.20. The number of aromatic nitrogens is 2. The number of hydrogen-bond donors (Lipinski definition) is 10. The number of carbonyl (C=O) groups is 5. The minimum absolute atomic E-state index is 0.0790. The largest absolute Gasteiger partial charge is 0.496 e. The van der Waals surface area contributed by atoms with Crippen molar-refractivity contribution < 1.29 is 95.7 Å². The molecule has 18 rings (SSSR count). The van der Waals surface area contributed by atoms with Crippen molar-refractivity contribution >= 4 is 78.0 Å². The van der Waals surface area contributed by atoms with E-state index in [1.807, 2.05) is 124 Å². The number of ether oxygens (including phenoxy) is 4. The number of primary amides is 2. The first kappa shape index (κ1) is 95.6. The Kier molecular flexibility index (Phi) is 25.7. The lowest BCUT2D eigenvalue weighted by atomic mass is 9.47. The van der Waals surface area contributed by atoms with E-state index in [1.54, 1.807) is 41.9 Å². The molecule has 6 aromatic rings. The van der Waals surface area contributed by atoms with Crippen LogP contribution < -0.4 is 36.1 Å². The van der Waals surface area contributed by atoms with Gasteiger partial charge in [-0.15, -0.1) is 0 Å². The van der Waals surface area contributed by atoms with Gasteiger partial charge in [-0.3, -0.25) is 52.3 Å². The van der Waals surface area contributed by atoms with Crippen LogP contribution in [-0.2, 0) is 95.2 Å². The third-order valence-corrected chi connectivity index (χ3v) is 36.0. The van der Waals surface area contributed by atoms with Gasteiger partial charge in [0.1, 0.15) is 40.7 Å². The summed E-state index contributed by atoms with van der Waals surface area (Å²) < 4.78 is 69.4. The van der Waals surface area contributed by atoms with E-state index < -0.39 is 130 Å². The number of hydrogen-bond acceptors (Lipinski definition) is 27. The van der Waals surface area contributed by atoms with Crippen LogP contribution >= 0.6 is 15.2 Å². The fraction of sp³-hybridized carbons (Fsp3) is 0.608. The van der Waals surface area contributed by atoms with Gasteiger partial charge in [-0.25, -0.2) is 4.57 Å². The molecule has 10 aliphatic heterocycles. The molecule has 20 atom stereocenters. The number of nitriles is 1. The number of rotatable bonds is 23. The van der Waals surface area contributed by atoms with Gasteiger partial charge in [0.05, 0.1) is 78.1 Å². The number of fused-ring (bicyclic) bond motifs is 12. The van der Waals surface area contributed by atoms with Crippen molar-refractivity contribution in [3.8, 4) is 17.3 Å². The second-order valence-electron chi connectivity index (χ2n) is 38.6. The lowest BCUT2D eigenvalue weighted by Gasteiger charge is -2.63. The van der Waals surface area contributed by atoms with Crippen LogP contribution in [0.15, 0.2) is 97.1 Å². The molecule has 12 aliphatic rings. The molecular formula is C97H132N12O20P2. The number of para-hydroxylation sites is 2. The van der Waals surface area contributed by atoms with E-state index in [0.717, 1.165) is 68.5 Å². The van der Waals surface area contributed by atoms with Crippen molar-refractivity contribution in [2.24, 2.45) is 34.1 Å². The number of benzene rings is 4. The second-order valence-corrected chi connectivity index (χ2v) is 42.4. The Labute approximate surface area is 766 Å². The number of aliphatic hydroxyl groups is 5. The lowest BCUT2D eigenvalue weighted by molar-refractivity contribution is -0.201. The second kappa shape index (κ2) is 35.3. The Morgan fingerprint density at radius 2 is 0.977 bits per heavy atom. The zero-order valence-electron chi connectivity index (χ0n) is 78.0. The summed E-state index contributed by atoms with van der Waals surface area (Å²) in [5.41, 5.74) is 9.05. The molecule has 0 radical (unpaired) electrons. The number of carbonyl (C=O) groups excluding carboxylic acids is 5. The first-order valence-electron chi connectivity index (χ1n) is 46.7. The molecule has 131 heavy (non-hydrogen) atoms.